The maximum absolute atomic E-state index is 10.6. The van der Waals surface area contributed by atoms with Crippen LogP contribution >= 0.6 is 0 Å². The number of carboxylic acid groups (broad SMARTS) is 1. The zero-order valence-electron chi connectivity index (χ0n) is 4.99. The van der Waals surface area contributed by atoms with E-state index >= 15 is 0 Å². The van der Waals surface area contributed by atoms with Gasteiger partial charge in [-0.1, -0.05) is 0 Å². The molecule has 0 amide bonds. The Labute approximate surface area is 39.6 Å². The number of aliphatic carboxylic acids is 1. The van der Waals surface area contributed by atoms with Crippen LogP contribution in [0.5, 0.6) is 0 Å². The van der Waals surface area contributed by atoms with Crippen molar-refractivity contribution >= 4 is 5.97 Å². The summed E-state index contributed by atoms with van der Waals surface area (Å²) < 4.78 is 41.7. The zero-order valence-corrected chi connectivity index (χ0v) is 2.99. The van der Waals surface area contributed by atoms with E-state index in [4.69, 9.17) is 12.9 Å². The number of halogens is 3. The predicted octanol–water partition coefficient (Wildman–Crippen LogP) is 0.879. The van der Waals surface area contributed by atoms with Crippen LogP contribution in [0.25, 0.3) is 0 Å². The average molecular weight is 118 g/mol. The number of carboxylic acids is 1. The van der Waals surface area contributed by atoms with Crippen molar-refractivity contribution in [2.75, 3.05) is 0 Å². The monoisotopic (exact) mass is 118 g/mol. The summed E-state index contributed by atoms with van der Waals surface area (Å²) in [6.07, 6.45) is -5.08. The van der Waals surface area contributed by atoms with Crippen molar-refractivity contribution in [3.8, 4) is 0 Å². The quantitative estimate of drug-likeness (QED) is 0.512. The highest BCUT2D eigenvalue weighted by Crippen LogP contribution is 2.13. The third kappa shape index (κ3) is 2.02. The summed E-state index contributed by atoms with van der Waals surface area (Å²) in [6, 6.07) is 0. The van der Waals surface area contributed by atoms with Crippen LogP contribution in [-0.2, 0) is 4.79 Å². The van der Waals surface area contributed by atoms with Gasteiger partial charge < -0.3 is 5.11 Å². The molecule has 0 unspecified atom stereocenters. The Bertz CT molecular complexity index is 90.3. The van der Waals surface area contributed by atoms with Crippen molar-refractivity contribution < 1.29 is 26.0 Å². The number of hydrogen-bond acceptors (Lipinski definition) is 1. The van der Waals surface area contributed by atoms with Gasteiger partial charge in [-0.15, -0.1) is 0 Å². The van der Waals surface area contributed by atoms with Gasteiger partial charge in [0.2, 0.25) is 0 Å². The van der Waals surface area contributed by atoms with Crippen LogP contribution in [0.4, 0.5) is 13.2 Å². The van der Waals surface area contributed by atoms with E-state index in [0.717, 1.165) is 0 Å². The molecule has 0 aliphatic carbocycles. The minimum atomic E-state index is -5.08. The van der Waals surface area contributed by atoms with Gasteiger partial charge in [-0.25, -0.2) is 4.79 Å². The number of alkyl halides is 3. The Balaban J connectivity index is 0. The van der Waals surface area contributed by atoms with Crippen molar-refractivity contribution in [3.05, 3.63) is 0 Å². The molecule has 0 fully saturated rings. The highest BCUT2D eigenvalue weighted by molar-refractivity contribution is 5.73. The van der Waals surface area contributed by atoms with Crippen LogP contribution in [0.15, 0.2) is 0 Å². The third-order valence-corrected chi connectivity index (χ3v) is 0.243. The molecule has 5 heteroatoms. The molecule has 0 saturated carbocycles. The molecule has 0 aliphatic rings. The van der Waals surface area contributed by atoms with Crippen molar-refractivity contribution in [2.24, 2.45) is 0 Å². The van der Waals surface area contributed by atoms with Crippen LogP contribution < -0.4 is 0 Å². The summed E-state index contributed by atoms with van der Waals surface area (Å²) >= 11 is 0. The lowest BCUT2D eigenvalue weighted by atomic mass is 10.7. The Morgan fingerprint density at radius 3 is 1.86 bits per heavy atom. The molecule has 44 valence electrons. The summed E-state index contributed by atoms with van der Waals surface area (Å²) in [7, 11) is 0. The lowest BCUT2D eigenvalue weighted by molar-refractivity contribution is -0.192. The van der Waals surface area contributed by atoms with E-state index in [1.54, 1.807) is 0 Å². The first-order valence-electron chi connectivity index (χ1n) is 2.24. The maximum Gasteiger partial charge on any atom is 0.490 e. The zero-order chi connectivity index (χ0) is 8.08. The minimum absolute atomic E-state index is 2.76. The summed E-state index contributed by atoms with van der Waals surface area (Å²) in [4.78, 5) is 8.90. The smallest absolute Gasteiger partial charge is 0.475 e. The molecule has 0 aromatic rings. The van der Waals surface area contributed by atoms with Crippen molar-refractivity contribution in [1.82, 2.24) is 0 Å². The van der Waals surface area contributed by atoms with Gasteiger partial charge in [0.05, 0.1) is 0 Å². The third-order valence-electron chi connectivity index (χ3n) is 0.243. The Kier molecular flexibility index (Phi) is 0.883. The van der Waals surface area contributed by atoms with Crippen LogP contribution in [0.3, 0.4) is 0 Å². The lowest BCUT2D eigenvalue weighted by Gasteiger charge is -1.93. The minimum Gasteiger partial charge on any atom is -0.475 e. The Morgan fingerprint density at radius 2 is 1.86 bits per heavy atom. The Morgan fingerprint density at radius 1 is 1.71 bits per heavy atom. The highest BCUT2D eigenvalue weighted by Gasteiger charge is 2.38. The Hall–Kier alpha value is -0.740. The number of carbonyl (C=O) groups is 1. The fraction of sp³-hybridized carbons (Fsp3) is 0.500. The van der Waals surface area contributed by atoms with Gasteiger partial charge in [0.1, 0.15) is 0 Å². The van der Waals surface area contributed by atoms with Crippen LogP contribution in [0, 0.1) is 0 Å². The molecular weight excluding hydrogens is 113 g/mol. The van der Waals surface area contributed by atoms with Gasteiger partial charge in [-0.3, -0.25) is 0 Å². The van der Waals surface area contributed by atoms with Gasteiger partial charge in [0, 0.05) is 2.97 Å². The molecule has 1 N–H and O–H groups in total. The fourth-order valence-electron chi connectivity index (χ4n) is 0. The van der Waals surface area contributed by atoms with Crippen molar-refractivity contribution in [2.45, 2.75) is 6.18 Å². The van der Waals surface area contributed by atoms with E-state index in [9.17, 15) is 13.2 Å². The average Bonchev–Trinajstić information content (AvgIpc) is 1.69. The molecular formula is C2H3F3O2. The topological polar surface area (TPSA) is 37.3 Å². The predicted molar refractivity (Wildman–Crippen MR) is 15.8 cm³/mol. The van der Waals surface area contributed by atoms with Gasteiger partial charge in [0.15, 0.2) is 0 Å². The second kappa shape index (κ2) is 1.40. The second-order valence-corrected chi connectivity index (χ2v) is 0.803. The molecule has 0 rings (SSSR count). The van der Waals surface area contributed by atoms with Gasteiger partial charge in [-0.2, -0.15) is 13.2 Å². The highest BCUT2D eigenvalue weighted by atomic mass is 19.4. The molecule has 0 spiro atoms. The molecule has 0 heterocycles. The molecule has 0 aliphatic heterocycles. The van der Waals surface area contributed by atoms with Gasteiger partial charge >= 0.3 is 12.1 Å². The van der Waals surface area contributed by atoms with E-state index in [1.165, 1.54) is 0 Å². The van der Waals surface area contributed by atoms with E-state index in [0.29, 0.717) is 0 Å². The number of rotatable bonds is 0. The second-order valence-electron chi connectivity index (χ2n) is 0.803. The van der Waals surface area contributed by atoms with E-state index in [-0.39, 0.29) is 0 Å². The molecule has 2 nitrogen and oxygen atoms in total. The first kappa shape index (κ1) is 4.42. The van der Waals surface area contributed by atoms with Gasteiger partial charge in [-0.05, 0) is 0 Å². The molecule has 0 saturated heterocycles. The maximum atomic E-state index is 10.6. The number of hydrogen-bond donors (Lipinski definition) is 1. The molecule has 0 atom stereocenters. The molecule has 0 aromatic heterocycles. The molecule has 0 aromatic carbocycles. The molecule has 0 bridgehead atoms. The van der Waals surface area contributed by atoms with Crippen molar-refractivity contribution in [3.63, 3.8) is 0 Å². The summed E-state index contributed by atoms with van der Waals surface area (Å²) in [5.74, 6) is -2.76. The molecule has 7 heavy (non-hydrogen) atoms. The van der Waals surface area contributed by atoms with Crippen molar-refractivity contribution in [1.29, 1.82) is 0 Å². The van der Waals surface area contributed by atoms with E-state index < -0.39 is 12.1 Å². The largest absolute Gasteiger partial charge is 0.490 e. The standard InChI is InChI=1S/C2HF3O2.H2/c3-2(4,5)1(6)7;/h(H,6,7);1H/i;1+1D. The lowest BCUT2D eigenvalue weighted by Crippen LogP contribution is -2.21. The summed E-state index contributed by atoms with van der Waals surface area (Å²) in [5, 5.41) is 7.12. The normalized spacial score (nSPS) is 12.4. The molecule has 0 radical (unpaired) electrons. The SMILES string of the molecule is O=C(O)C(F)(F)F.[2H][2H]. The fourth-order valence-corrected chi connectivity index (χ4v) is 0. The van der Waals surface area contributed by atoms with E-state index in [2.05, 4.69) is 0 Å². The summed E-state index contributed by atoms with van der Waals surface area (Å²) in [5.41, 5.74) is 0. The first-order valence-corrected chi connectivity index (χ1v) is 1.24. The summed E-state index contributed by atoms with van der Waals surface area (Å²) in [6.45, 7) is 0. The first-order chi connectivity index (χ1) is 3.94. The van der Waals surface area contributed by atoms with Gasteiger partial charge in [0.25, 0.3) is 0 Å². The van der Waals surface area contributed by atoms with Crippen LogP contribution in [0.2, 0.25) is 0 Å². The van der Waals surface area contributed by atoms with E-state index in [1.807, 2.05) is 0 Å². The van der Waals surface area contributed by atoms with Crippen LogP contribution in [0.1, 0.15) is 2.97 Å². The van der Waals surface area contributed by atoms with Crippen LogP contribution in [-0.4, -0.2) is 17.3 Å².